The van der Waals surface area contributed by atoms with Gasteiger partial charge in [0.2, 0.25) is 0 Å². The highest BCUT2D eigenvalue weighted by molar-refractivity contribution is 6.23. The van der Waals surface area contributed by atoms with E-state index in [1.807, 2.05) is 0 Å². The molecule has 1 aromatic carbocycles. The number of ether oxygens (including phenoxy) is 2. The maximum atomic E-state index is 13.1. The van der Waals surface area contributed by atoms with Crippen LogP contribution in [0.4, 0.5) is 5.69 Å². The van der Waals surface area contributed by atoms with Gasteiger partial charge in [-0.2, -0.15) is 0 Å². The lowest BCUT2D eigenvalue weighted by Gasteiger charge is -2.18. The Morgan fingerprint density at radius 1 is 1.23 bits per heavy atom. The molecule has 0 aliphatic carbocycles. The molecular weight excluding hydrogens is 334 g/mol. The lowest BCUT2D eigenvalue weighted by atomic mass is 10.1. The van der Waals surface area contributed by atoms with Crippen LogP contribution in [0.5, 0.6) is 5.75 Å². The second-order valence-electron chi connectivity index (χ2n) is 5.59. The van der Waals surface area contributed by atoms with Crippen molar-refractivity contribution in [2.75, 3.05) is 18.6 Å². The van der Waals surface area contributed by atoms with Crippen LogP contribution >= 0.6 is 0 Å². The van der Waals surface area contributed by atoms with E-state index in [9.17, 15) is 9.59 Å². The molecular formula is C20H19NO5. The van der Waals surface area contributed by atoms with Crippen LogP contribution in [0.1, 0.15) is 19.6 Å². The molecule has 0 bridgehead atoms. The summed E-state index contributed by atoms with van der Waals surface area (Å²) in [7, 11) is 1.57. The zero-order chi connectivity index (χ0) is 18.7. The fourth-order valence-corrected chi connectivity index (χ4v) is 2.84. The van der Waals surface area contributed by atoms with Crippen molar-refractivity contribution in [3.05, 3.63) is 65.3 Å². The summed E-state index contributed by atoms with van der Waals surface area (Å²) in [5.74, 6) is 0.317. The summed E-state index contributed by atoms with van der Waals surface area (Å²) < 4.78 is 15.6. The van der Waals surface area contributed by atoms with E-state index < -0.39 is 5.97 Å². The molecule has 0 saturated heterocycles. The quantitative estimate of drug-likeness (QED) is 0.607. The highest BCUT2D eigenvalue weighted by Gasteiger charge is 2.38. The first-order valence-corrected chi connectivity index (χ1v) is 8.19. The van der Waals surface area contributed by atoms with Crippen molar-refractivity contribution in [2.24, 2.45) is 0 Å². The first-order chi connectivity index (χ1) is 12.6. The monoisotopic (exact) mass is 353 g/mol. The fraction of sp³-hybridized carbons (Fsp3) is 0.200. The molecule has 26 heavy (non-hydrogen) atoms. The minimum absolute atomic E-state index is 0.223. The molecule has 0 fully saturated rings. The van der Waals surface area contributed by atoms with Crippen LogP contribution in [0.15, 0.2) is 63.9 Å². The Kier molecular flexibility index (Phi) is 4.93. The summed E-state index contributed by atoms with van der Waals surface area (Å²) >= 11 is 0. The summed E-state index contributed by atoms with van der Waals surface area (Å²) in [6.45, 7) is 3.67. The van der Waals surface area contributed by atoms with E-state index in [-0.39, 0.29) is 23.7 Å². The van der Waals surface area contributed by atoms with Gasteiger partial charge in [0.1, 0.15) is 11.5 Å². The summed E-state index contributed by atoms with van der Waals surface area (Å²) in [5, 5.41) is 0. The first kappa shape index (κ1) is 17.5. The standard InChI is InChI=1S/C20H19NO5/c1-4-25-20(23)18-13(2)21(14-7-9-15(24-3)10-8-14)19(22)17(18)12-16-6-5-11-26-16/h5-12H,4H2,1-3H3/b17-12-. The zero-order valence-electron chi connectivity index (χ0n) is 14.8. The average Bonchev–Trinajstić information content (AvgIpc) is 3.23. The molecule has 2 heterocycles. The summed E-state index contributed by atoms with van der Waals surface area (Å²) in [6, 6.07) is 10.5. The Hall–Kier alpha value is -3.28. The molecule has 0 atom stereocenters. The minimum Gasteiger partial charge on any atom is -0.497 e. The maximum absolute atomic E-state index is 13.1. The molecule has 0 unspecified atom stereocenters. The van der Waals surface area contributed by atoms with Gasteiger partial charge in [-0.15, -0.1) is 0 Å². The van der Waals surface area contributed by atoms with Gasteiger partial charge >= 0.3 is 5.97 Å². The second-order valence-corrected chi connectivity index (χ2v) is 5.59. The summed E-state index contributed by atoms with van der Waals surface area (Å²) in [6.07, 6.45) is 3.06. The molecule has 0 N–H and O–H groups in total. The van der Waals surface area contributed by atoms with Crippen molar-refractivity contribution in [3.63, 3.8) is 0 Å². The first-order valence-electron chi connectivity index (χ1n) is 8.19. The lowest BCUT2D eigenvalue weighted by molar-refractivity contribution is -0.138. The third-order valence-electron chi connectivity index (χ3n) is 4.04. The number of benzene rings is 1. The Bertz CT molecular complexity index is 875. The van der Waals surface area contributed by atoms with Crippen molar-refractivity contribution in [1.82, 2.24) is 0 Å². The van der Waals surface area contributed by atoms with Gasteiger partial charge < -0.3 is 13.9 Å². The molecule has 1 aliphatic rings. The molecule has 6 nitrogen and oxygen atoms in total. The van der Waals surface area contributed by atoms with Crippen LogP contribution in [-0.4, -0.2) is 25.6 Å². The number of furan rings is 1. The van der Waals surface area contributed by atoms with Gasteiger partial charge in [-0.05, 0) is 56.3 Å². The van der Waals surface area contributed by atoms with Crippen LogP contribution < -0.4 is 9.64 Å². The highest BCUT2D eigenvalue weighted by Crippen LogP contribution is 2.36. The van der Waals surface area contributed by atoms with Crippen LogP contribution in [0.2, 0.25) is 0 Å². The topological polar surface area (TPSA) is 69.0 Å². The van der Waals surface area contributed by atoms with Gasteiger partial charge in [-0.1, -0.05) is 0 Å². The molecule has 134 valence electrons. The fourth-order valence-electron chi connectivity index (χ4n) is 2.84. The molecule has 1 aliphatic heterocycles. The van der Waals surface area contributed by atoms with Crippen molar-refractivity contribution in [1.29, 1.82) is 0 Å². The molecule has 6 heteroatoms. The van der Waals surface area contributed by atoms with E-state index >= 15 is 0 Å². The van der Waals surface area contributed by atoms with Crippen molar-refractivity contribution in [3.8, 4) is 5.75 Å². The van der Waals surface area contributed by atoms with Crippen molar-refractivity contribution >= 4 is 23.6 Å². The highest BCUT2D eigenvalue weighted by atomic mass is 16.5. The Morgan fingerprint density at radius 3 is 2.54 bits per heavy atom. The number of anilines is 1. The average molecular weight is 353 g/mol. The molecule has 3 rings (SSSR count). The van der Waals surface area contributed by atoms with Crippen LogP contribution in [0.25, 0.3) is 6.08 Å². The maximum Gasteiger partial charge on any atom is 0.340 e. The number of nitrogens with zero attached hydrogens (tertiary/aromatic N) is 1. The number of carbonyl (C=O) groups excluding carboxylic acids is 2. The summed E-state index contributed by atoms with van der Waals surface area (Å²) in [5.41, 5.74) is 1.63. The van der Waals surface area contributed by atoms with E-state index in [0.29, 0.717) is 22.9 Å². The van der Waals surface area contributed by atoms with E-state index in [2.05, 4.69) is 0 Å². The Morgan fingerprint density at radius 2 is 1.96 bits per heavy atom. The Balaban J connectivity index is 2.08. The predicted octanol–water partition coefficient (Wildman–Crippen LogP) is 3.56. The smallest absolute Gasteiger partial charge is 0.340 e. The number of esters is 1. The number of hydrogen-bond donors (Lipinski definition) is 0. The molecule has 0 spiro atoms. The molecule has 1 amide bonds. The zero-order valence-corrected chi connectivity index (χ0v) is 14.8. The van der Waals surface area contributed by atoms with Gasteiger partial charge in [-0.25, -0.2) is 4.79 Å². The Labute approximate surface area is 151 Å². The van der Waals surface area contributed by atoms with E-state index in [1.165, 1.54) is 11.2 Å². The van der Waals surface area contributed by atoms with Crippen molar-refractivity contribution in [2.45, 2.75) is 13.8 Å². The number of allylic oxidation sites excluding steroid dienone is 1. The third kappa shape index (κ3) is 3.13. The van der Waals surface area contributed by atoms with Crippen LogP contribution in [0.3, 0.4) is 0 Å². The van der Waals surface area contributed by atoms with Gasteiger partial charge in [0.15, 0.2) is 0 Å². The normalized spacial score (nSPS) is 15.7. The van der Waals surface area contributed by atoms with Gasteiger partial charge in [0, 0.05) is 11.4 Å². The molecule has 1 aromatic heterocycles. The number of amides is 1. The van der Waals surface area contributed by atoms with E-state index in [4.69, 9.17) is 13.9 Å². The minimum atomic E-state index is -0.535. The van der Waals surface area contributed by atoms with Crippen LogP contribution in [0, 0.1) is 0 Å². The van der Waals surface area contributed by atoms with Gasteiger partial charge in [-0.3, -0.25) is 9.69 Å². The largest absolute Gasteiger partial charge is 0.497 e. The molecule has 0 saturated carbocycles. The lowest BCUT2D eigenvalue weighted by Crippen LogP contribution is -2.24. The van der Waals surface area contributed by atoms with Crippen molar-refractivity contribution < 1.29 is 23.5 Å². The van der Waals surface area contributed by atoms with Gasteiger partial charge in [0.25, 0.3) is 5.91 Å². The number of rotatable bonds is 5. The summed E-state index contributed by atoms with van der Waals surface area (Å²) in [4.78, 5) is 27.0. The van der Waals surface area contributed by atoms with Gasteiger partial charge in [0.05, 0.1) is 31.1 Å². The second kappa shape index (κ2) is 7.31. The molecule has 0 radical (unpaired) electrons. The third-order valence-corrected chi connectivity index (χ3v) is 4.04. The van der Waals surface area contributed by atoms with Crippen LogP contribution in [-0.2, 0) is 14.3 Å². The number of hydrogen-bond acceptors (Lipinski definition) is 5. The number of carbonyl (C=O) groups is 2. The molecule has 2 aromatic rings. The van der Waals surface area contributed by atoms with E-state index in [1.54, 1.807) is 63.4 Å². The predicted molar refractivity (Wildman–Crippen MR) is 96.5 cm³/mol. The number of methoxy groups -OCH3 is 1. The SMILES string of the molecule is CCOC(=O)C1=C(C)N(c2ccc(OC)cc2)C(=O)/C1=C\c1ccco1. The van der Waals surface area contributed by atoms with E-state index in [0.717, 1.165) is 0 Å².